The minimum absolute atomic E-state index is 0.0227. The van der Waals surface area contributed by atoms with Crippen molar-refractivity contribution in [3.05, 3.63) is 23.8 Å². The number of fused-ring (bicyclic) bond motifs is 1. The normalized spacial score (nSPS) is 15.6. The van der Waals surface area contributed by atoms with Crippen molar-refractivity contribution in [2.45, 2.75) is 18.4 Å². The number of alkyl halides is 1. The van der Waals surface area contributed by atoms with Crippen LogP contribution in [0.1, 0.15) is 12.5 Å². The third kappa shape index (κ3) is 2.88. The summed E-state index contributed by atoms with van der Waals surface area (Å²) in [5, 5.41) is 9.53. The van der Waals surface area contributed by atoms with Gasteiger partial charge in [0.2, 0.25) is 0 Å². The zero-order chi connectivity index (χ0) is 12.4. The van der Waals surface area contributed by atoms with Gasteiger partial charge in [-0.3, -0.25) is 4.79 Å². The van der Waals surface area contributed by atoms with E-state index in [9.17, 15) is 9.82 Å². The average Bonchev–Trinajstić information content (AvgIpc) is 2.68. The molecule has 1 N–H and O–H groups in total. The summed E-state index contributed by atoms with van der Waals surface area (Å²) in [5.74, 6) is 0.647. The van der Waals surface area contributed by atoms with E-state index >= 15 is 0 Å². The summed E-state index contributed by atoms with van der Waals surface area (Å²) in [5.41, 5.74) is 1.70. The van der Waals surface area contributed by atoms with Gasteiger partial charge in [-0.2, -0.15) is 0 Å². The molecule has 1 aliphatic heterocycles. The predicted molar refractivity (Wildman–Crippen MR) is 67.7 cm³/mol. The number of carbonyl (C=O) groups excluding carboxylic acids is 1. The molecule has 0 saturated carbocycles. The number of ketones is 1. The largest absolute Gasteiger partial charge is 0.492 e. The Morgan fingerprint density at radius 2 is 2.47 bits per heavy atom. The number of carbonyl (C=O) groups is 1. The maximum Gasteiger partial charge on any atom is 0.491 e. The number of hydrogen-bond donors (Lipinski definition) is 1. The van der Waals surface area contributed by atoms with E-state index in [1.165, 1.54) is 6.92 Å². The summed E-state index contributed by atoms with van der Waals surface area (Å²) >= 11 is 3.23. The smallest absolute Gasteiger partial charge is 0.491 e. The van der Waals surface area contributed by atoms with Crippen LogP contribution in [-0.4, -0.2) is 29.4 Å². The third-order valence-corrected chi connectivity index (χ3v) is 3.53. The summed E-state index contributed by atoms with van der Waals surface area (Å²) in [7, 11) is -0.874. The van der Waals surface area contributed by atoms with Gasteiger partial charge >= 0.3 is 7.12 Å². The Morgan fingerprint density at radius 1 is 1.71 bits per heavy atom. The number of halogens is 1. The lowest BCUT2D eigenvalue weighted by atomic mass is 9.79. The van der Waals surface area contributed by atoms with Crippen LogP contribution < -0.4 is 10.2 Å². The molecule has 0 spiro atoms. The molecule has 0 fully saturated rings. The summed E-state index contributed by atoms with van der Waals surface area (Å²) in [6, 6.07) is 5.41. The highest BCUT2D eigenvalue weighted by Crippen LogP contribution is 2.17. The summed E-state index contributed by atoms with van der Waals surface area (Å²) in [6.07, 6.45) is 0. The van der Waals surface area contributed by atoms with Crippen molar-refractivity contribution in [2.24, 2.45) is 0 Å². The molecule has 1 aliphatic rings. The molecule has 1 unspecified atom stereocenters. The molecule has 2 rings (SSSR count). The van der Waals surface area contributed by atoms with Gasteiger partial charge in [0.25, 0.3) is 0 Å². The molecular weight excluding hydrogens is 287 g/mol. The SMILES string of the molecule is CC(=O)C(Br)COc1ccc2c(c1)B(O)OC2. The van der Waals surface area contributed by atoms with Gasteiger partial charge in [-0.1, -0.05) is 22.0 Å². The molecule has 1 heterocycles. The van der Waals surface area contributed by atoms with Crippen molar-refractivity contribution in [1.82, 2.24) is 0 Å². The van der Waals surface area contributed by atoms with Crippen molar-refractivity contribution < 1.29 is 19.2 Å². The molecule has 1 atom stereocenters. The predicted octanol–water partition coefficient (Wildman–Crippen LogP) is 0.636. The molecule has 1 aromatic carbocycles. The average molecular weight is 299 g/mol. The Hall–Kier alpha value is -0.845. The highest BCUT2D eigenvalue weighted by Gasteiger charge is 2.27. The van der Waals surface area contributed by atoms with Crippen LogP contribution >= 0.6 is 15.9 Å². The van der Waals surface area contributed by atoms with Crippen molar-refractivity contribution in [3.63, 3.8) is 0 Å². The van der Waals surface area contributed by atoms with E-state index in [2.05, 4.69) is 15.9 Å². The lowest BCUT2D eigenvalue weighted by Gasteiger charge is -2.10. The second-order valence-corrected chi connectivity index (χ2v) is 5.02. The lowest BCUT2D eigenvalue weighted by Crippen LogP contribution is -2.28. The van der Waals surface area contributed by atoms with E-state index in [1.54, 1.807) is 12.1 Å². The van der Waals surface area contributed by atoms with E-state index < -0.39 is 7.12 Å². The topological polar surface area (TPSA) is 55.8 Å². The lowest BCUT2D eigenvalue weighted by molar-refractivity contribution is -0.116. The van der Waals surface area contributed by atoms with E-state index in [-0.39, 0.29) is 17.2 Å². The molecule has 1 aromatic rings. The first kappa shape index (κ1) is 12.6. The van der Waals surface area contributed by atoms with Crippen LogP contribution in [0.25, 0.3) is 0 Å². The number of rotatable bonds is 4. The first-order valence-corrected chi connectivity index (χ1v) is 6.19. The van der Waals surface area contributed by atoms with E-state index in [0.717, 1.165) is 11.0 Å². The van der Waals surface area contributed by atoms with Gasteiger partial charge in [0, 0.05) is 0 Å². The molecule has 0 aliphatic carbocycles. The molecule has 17 heavy (non-hydrogen) atoms. The van der Waals surface area contributed by atoms with Gasteiger partial charge < -0.3 is 14.4 Å². The van der Waals surface area contributed by atoms with Gasteiger partial charge in [-0.05, 0) is 30.1 Å². The van der Waals surface area contributed by atoms with Crippen LogP contribution in [0.4, 0.5) is 0 Å². The van der Waals surface area contributed by atoms with Gasteiger partial charge in [0.05, 0.1) is 6.61 Å². The molecule has 90 valence electrons. The fourth-order valence-corrected chi connectivity index (χ4v) is 1.70. The number of Topliss-reactive ketones (excluding diaryl/α,β-unsaturated/α-hetero) is 1. The molecule has 6 heteroatoms. The molecular formula is C11H12BBrO4. The maximum absolute atomic E-state index is 11.0. The summed E-state index contributed by atoms with van der Waals surface area (Å²) in [4.78, 5) is 10.7. The Kier molecular flexibility index (Phi) is 3.86. The second kappa shape index (κ2) is 5.20. The first-order valence-electron chi connectivity index (χ1n) is 5.27. The van der Waals surface area contributed by atoms with Crippen LogP contribution in [-0.2, 0) is 16.1 Å². The molecule has 4 nitrogen and oxygen atoms in total. The van der Waals surface area contributed by atoms with Crippen molar-refractivity contribution >= 4 is 34.3 Å². The van der Waals surface area contributed by atoms with E-state index in [4.69, 9.17) is 9.39 Å². The van der Waals surface area contributed by atoms with Crippen LogP contribution in [0.3, 0.4) is 0 Å². The molecule has 0 saturated heterocycles. The van der Waals surface area contributed by atoms with Crippen LogP contribution in [0.2, 0.25) is 0 Å². The van der Waals surface area contributed by atoms with Gasteiger partial charge in [0.15, 0.2) is 0 Å². The highest BCUT2D eigenvalue weighted by molar-refractivity contribution is 9.10. The quantitative estimate of drug-likeness (QED) is 0.655. The second-order valence-electron chi connectivity index (χ2n) is 3.91. The minimum atomic E-state index is -0.874. The monoisotopic (exact) mass is 298 g/mol. The fraction of sp³-hybridized carbons (Fsp3) is 0.364. The van der Waals surface area contributed by atoms with Crippen LogP contribution in [0, 0.1) is 0 Å². The van der Waals surface area contributed by atoms with Gasteiger partial charge in [0.1, 0.15) is 23.0 Å². The first-order chi connectivity index (χ1) is 8.08. The molecule has 0 radical (unpaired) electrons. The van der Waals surface area contributed by atoms with Crippen molar-refractivity contribution in [2.75, 3.05) is 6.61 Å². The van der Waals surface area contributed by atoms with Crippen molar-refractivity contribution in [3.8, 4) is 5.75 Å². The zero-order valence-corrected chi connectivity index (χ0v) is 10.9. The van der Waals surface area contributed by atoms with Crippen LogP contribution in [0.15, 0.2) is 18.2 Å². The highest BCUT2D eigenvalue weighted by atomic mass is 79.9. The Morgan fingerprint density at radius 3 is 3.18 bits per heavy atom. The van der Waals surface area contributed by atoms with E-state index in [0.29, 0.717) is 12.4 Å². The minimum Gasteiger partial charge on any atom is -0.492 e. The van der Waals surface area contributed by atoms with Gasteiger partial charge in [-0.15, -0.1) is 0 Å². The summed E-state index contributed by atoms with van der Waals surface area (Å²) in [6.45, 7) is 2.19. The van der Waals surface area contributed by atoms with Crippen molar-refractivity contribution in [1.29, 1.82) is 0 Å². The molecule has 0 aromatic heterocycles. The fourth-order valence-electron chi connectivity index (χ4n) is 1.57. The maximum atomic E-state index is 11.0. The third-order valence-electron chi connectivity index (χ3n) is 2.62. The zero-order valence-electron chi connectivity index (χ0n) is 9.35. The number of ether oxygens (including phenoxy) is 1. The standard InChI is InChI=1S/C11H12BBrO4/c1-7(14)11(13)6-16-9-3-2-8-5-17-12(15)10(8)4-9/h2-4,11,15H,5-6H2,1H3. The Bertz CT molecular complexity index is 437. The number of hydrogen-bond acceptors (Lipinski definition) is 4. The number of benzene rings is 1. The van der Waals surface area contributed by atoms with E-state index in [1.807, 2.05) is 6.07 Å². The Labute approximate surface area is 108 Å². The molecule has 0 amide bonds. The van der Waals surface area contributed by atoms with Crippen LogP contribution in [0.5, 0.6) is 5.75 Å². The van der Waals surface area contributed by atoms with Gasteiger partial charge in [-0.25, -0.2) is 0 Å². The molecule has 0 bridgehead atoms. The summed E-state index contributed by atoms with van der Waals surface area (Å²) < 4.78 is 10.5. The Balaban J connectivity index is 2.03.